The molecule has 3 N–H and O–H groups in total. The van der Waals surface area contributed by atoms with Gasteiger partial charge in [0, 0.05) is 30.8 Å². The predicted octanol–water partition coefficient (Wildman–Crippen LogP) is 2.51. The standard InChI is InChI=1S/C29H40N4O7S/c1-18(2)25(32-22(34)9-7-6-8-16-33-23(35)14-15-24(33)36)27(38)30-19(3)26(37)31-21-12-10-20(11-13-21)17-40-28(39)29(4,5)41/h10-15,18-19,25,41H,6-9,16-17H2,1-5H3,(H,30,38)(H,31,37)(H,32,34)/t19-,25?/m0/s1. The second-order valence-corrected chi connectivity index (χ2v) is 11.9. The number of hydrogen-bond donors (Lipinski definition) is 4. The molecular weight excluding hydrogens is 548 g/mol. The minimum atomic E-state index is -0.899. The van der Waals surface area contributed by atoms with Crippen molar-refractivity contribution in [3.63, 3.8) is 0 Å². The Morgan fingerprint density at radius 3 is 2.07 bits per heavy atom. The molecule has 0 bridgehead atoms. The maximum Gasteiger partial charge on any atom is 0.321 e. The van der Waals surface area contributed by atoms with E-state index in [0.717, 1.165) is 10.5 Å². The van der Waals surface area contributed by atoms with Gasteiger partial charge in [0.25, 0.3) is 11.8 Å². The number of nitrogens with one attached hydrogen (secondary N) is 3. The van der Waals surface area contributed by atoms with Crippen LogP contribution in [0.1, 0.15) is 65.9 Å². The van der Waals surface area contributed by atoms with Crippen molar-refractivity contribution in [3.05, 3.63) is 42.0 Å². The lowest BCUT2D eigenvalue weighted by molar-refractivity contribution is -0.147. The van der Waals surface area contributed by atoms with E-state index in [0.29, 0.717) is 31.5 Å². The van der Waals surface area contributed by atoms with E-state index in [4.69, 9.17) is 4.74 Å². The maximum atomic E-state index is 12.9. The highest BCUT2D eigenvalue weighted by atomic mass is 32.1. The van der Waals surface area contributed by atoms with Crippen molar-refractivity contribution in [2.45, 2.75) is 83.7 Å². The van der Waals surface area contributed by atoms with Crippen molar-refractivity contribution in [2.75, 3.05) is 11.9 Å². The molecule has 41 heavy (non-hydrogen) atoms. The van der Waals surface area contributed by atoms with E-state index in [-0.39, 0.29) is 36.7 Å². The van der Waals surface area contributed by atoms with Gasteiger partial charge in [0.1, 0.15) is 23.4 Å². The molecule has 0 spiro atoms. The van der Waals surface area contributed by atoms with Crippen molar-refractivity contribution in [1.29, 1.82) is 0 Å². The minimum Gasteiger partial charge on any atom is -0.460 e. The second-order valence-electron chi connectivity index (χ2n) is 10.8. The summed E-state index contributed by atoms with van der Waals surface area (Å²) in [7, 11) is 0. The van der Waals surface area contributed by atoms with Gasteiger partial charge in [-0.05, 0) is 57.2 Å². The van der Waals surface area contributed by atoms with Crippen LogP contribution in [-0.4, -0.2) is 63.8 Å². The fourth-order valence-corrected chi connectivity index (χ4v) is 3.86. The number of anilines is 1. The van der Waals surface area contributed by atoms with Crippen molar-refractivity contribution < 1.29 is 33.5 Å². The van der Waals surface area contributed by atoms with Gasteiger partial charge in [-0.25, -0.2) is 0 Å². The molecule has 12 heteroatoms. The lowest BCUT2D eigenvalue weighted by Gasteiger charge is -2.24. The van der Waals surface area contributed by atoms with Gasteiger partial charge in [0.2, 0.25) is 17.7 Å². The second kappa shape index (κ2) is 15.4. The van der Waals surface area contributed by atoms with Gasteiger partial charge in [0.05, 0.1) is 0 Å². The van der Waals surface area contributed by atoms with Gasteiger partial charge in [-0.1, -0.05) is 32.4 Å². The van der Waals surface area contributed by atoms with E-state index in [2.05, 4.69) is 28.6 Å². The zero-order valence-corrected chi connectivity index (χ0v) is 25.1. The third-order valence-electron chi connectivity index (χ3n) is 6.29. The summed E-state index contributed by atoms with van der Waals surface area (Å²) in [6, 6.07) is 5.06. The highest BCUT2D eigenvalue weighted by Gasteiger charge is 2.27. The fraction of sp³-hybridized carbons (Fsp3) is 0.517. The number of benzene rings is 1. The van der Waals surface area contributed by atoms with Gasteiger partial charge in [-0.15, -0.1) is 0 Å². The summed E-state index contributed by atoms with van der Waals surface area (Å²) in [5, 5.41) is 8.12. The normalized spacial score (nSPS) is 14.6. The van der Waals surface area contributed by atoms with Crippen LogP contribution in [0.5, 0.6) is 0 Å². The number of carbonyl (C=O) groups is 6. The van der Waals surface area contributed by atoms with Gasteiger partial charge >= 0.3 is 5.97 Å². The number of esters is 1. The summed E-state index contributed by atoms with van der Waals surface area (Å²) in [6.07, 6.45) is 4.42. The quantitative estimate of drug-likeness (QED) is 0.106. The Bertz CT molecular complexity index is 1140. The van der Waals surface area contributed by atoms with Crippen LogP contribution < -0.4 is 16.0 Å². The summed E-state index contributed by atoms with van der Waals surface area (Å²) < 4.78 is 4.32. The molecule has 1 aliphatic rings. The molecule has 224 valence electrons. The molecule has 1 aliphatic heterocycles. The summed E-state index contributed by atoms with van der Waals surface area (Å²) in [5.41, 5.74) is 1.24. The molecule has 11 nitrogen and oxygen atoms in total. The number of ether oxygens (including phenoxy) is 1. The zero-order chi connectivity index (χ0) is 30.7. The Balaban J connectivity index is 1.76. The zero-order valence-electron chi connectivity index (χ0n) is 24.2. The first-order chi connectivity index (χ1) is 19.2. The minimum absolute atomic E-state index is 0.0736. The molecule has 1 unspecified atom stereocenters. The SMILES string of the molecule is CC(C)C(NC(=O)CCCCCN1C(=O)C=CC1=O)C(=O)N[C@@H](C)C(=O)Nc1ccc(COC(=O)C(C)(C)S)cc1. The van der Waals surface area contributed by atoms with Crippen molar-refractivity contribution in [3.8, 4) is 0 Å². The summed E-state index contributed by atoms with van der Waals surface area (Å²) in [5.74, 6) is -2.52. The molecule has 0 aromatic heterocycles. The lowest BCUT2D eigenvalue weighted by Crippen LogP contribution is -2.53. The number of amides is 5. The molecule has 2 rings (SSSR count). The lowest BCUT2D eigenvalue weighted by atomic mass is 10.0. The van der Waals surface area contributed by atoms with Gasteiger partial charge in [-0.2, -0.15) is 12.6 Å². The van der Waals surface area contributed by atoms with Crippen LogP contribution in [0.2, 0.25) is 0 Å². The smallest absolute Gasteiger partial charge is 0.321 e. The first-order valence-electron chi connectivity index (χ1n) is 13.6. The van der Waals surface area contributed by atoms with Crippen LogP contribution >= 0.6 is 12.6 Å². The molecule has 5 amide bonds. The molecule has 1 heterocycles. The highest BCUT2D eigenvalue weighted by molar-refractivity contribution is 7.82. The molecule has 0 saturated heterocycles. The number of imide groups is 1. The van der Waals surface area contributed by atoms with Crippen LogP contribution in [0.25, 0.3) is 0 Å². The summed E-state index contributed by atoms with van der Waals surface area (Å²) in [4.78, 5) is 74.2. The third kappa shape index (κ3) is 11.0. The Labute approximate surface area is 246 Å². The van der Waals surface area contributed by atoms with Gasteiger partial charge < -0.3 is 20.7 Å². The van der Waals surface area contributed by atoms with Crippen molar-refractivity contribution >= 4 is 53.8 Å². The Morgan fingerprint density at radius 2 is 1.51 bits per heavy atom. The largest absolute Gasteiger partial charge is 0.460 e. The van der Waals surface area contributed by atoms with Crippen molar-refractivity contribution in [1.82, 2.24) is 15.5 Å². The third-order valence-corrected chi connectivity index (χ3v) is 6.48. The van der Waals surface area contributed by atoms with E-state index in [9.17, 15) is 28.8 Å². The van der Waals surface area contributed by atoms with Crippen LogP contribution in [0.15, 0.2) is 36.4 Å². The van der Waals surface area contributed by atoms with Gasteiger partial charge in [-0.3, -0.25) is 33.7 Å². The molecule has 1 aromatic rings. The molecule has 1 aromatic carbocycles. The number of nitrogens with zero attached hydrogens (tertiary/aromatic N) is 1. The van der Waals surface area contributed by atoms with E-state index in [1.165, 1.54) is 12.2 Å². The first kappa shape index (κ1) is 33.5. The summed E-state index contributed by atoms with van der Waals surface area (Å²) in [6.45, 7) is 8.80. The average Bonchev–Trinajstić information content (AvgIpc) is 3.22. The van der Waals surface area contributed by atoms with Crippen LogP contribution in [0.3, 0.4) is 0 Å². The first-order valence-corrected chi connectivity index (χ1v) is 14.1. The fourth-order valence-electron chi connectivity index (χ4n) is 3.79. The molecule has 2 atom stereocenters. The molecule has 0 saturated carbocycles. The maximum absolute atomic E-state index is 12.9. The molecular formula is C29H40N4O7S. The number of carbonyl (C=O) groups excluding carboxylic acids is 6. The van der Waals surface area contributed by atoms with Crippen LogP contribution in [-0.2, 0) is 40.1 Å². The number of thiol groups is 1. The number of unbranched alkanes of at least 4 members (excludes halogenated alkanes) is 2. The Kier molecular flexibility index (Phi) is 12.6. The molecule has 0 aliphatic carbocycles. The molecule has 0 fully saturated rings. The Morgan fingerprint density at radius 1 is 0.902 bits per heavy atom. The van der Waals surface area contributed by atoms with Crippen LogP contribution in [0, 0.1) is 5.92 Å². The summed E-state index contributed by atoms with van der Waals surface area (Å²) >= 11 is 4.18. The van der Waals surface area contributed by atoms with E-state index in [1.807, 2.05) is 0 Å². The van der Waals surface area contributed by atoms with Crippen LogP contribution in [0.4, 0.5) is 5.69 Å². The Hall–Kier alpha value is -3.67. The van der Waals surface area contributed by atoms with E-state index < -0.39 is 34.6 Å². The predicted molar refractivity (Wildman–Crippen MR) is 157 cm³/mol. The van der Waals surface area contributed by atoms with Crippen molar-refractivity contribution in [2.24, 2.45) is 5.92 Å². The number of hydrogen-bond acceptors (Lipinski definition) is 8. The molecule has 0 radical (unpaired) electrons. The highest BCUT2D eigenvalue weighted by Crippen LogP contribution is 2.16. The topological polar surface area (TPSA) is 151 Å². The van der Waals surface area contributed by atoms with E-state index in [1.54, 1.807) is 58.9 Å². The average molecular weight is 589 g/mol. The van der Waals surface area contributed by atoms with Gasteiger partial charge in [0.15, 0.2) is 0 Å². The number of rotatable bonds is 15. The van der Waals surface area contributed by atoms with E-state index >= 15 is 0 Å². The monoisotopic (exact) mass is 588 g/mol.